The Morgan fingerprint density at radius 3 is 2.64 bits per heavy atom. The van der Waals surface area contributed by atoms with Crippen LogP contribution in [-0.4, -0.2) is 28.3 Å². The van der Waals surface area contributed by atoms with Gasteiger partial charge in [0.15, 0.2) is 0 Å². The topological polar surface area (TPSA) is 68.2 Å². The summed E-state index contributed by atoms with van der Waals surface area (Å²) in [6.45, 7) is 10.4. The average Bonchev–Trinajstić information content (AvgIpc) is 2.81. The molecule has 2 aromatic rings. The van der Waals surface area contributed by atoms with E-state index in [-0.39, 0.29) is 5.91 Å². The number of hydrogen-bond acceptors (Lipinski definition) is 4. The van der Waals surface area contributed by atoms with Crippen LogP contribution in [0.1, 0.15) is 37.2 Å². The quantitative estimate of drug-likeness (QED) is 0.806. The second-order valence-electron chi connectivity index (χ2n) is 6.37. The molecule has 2 N–H and O–H groups in total. The summed E-state index contributed by atoms with van der Waals surface area (Å²) in [6.07, 6.45) is 0.934. The molecule has 0 fully saturated rings. The van der Waals surface area contributed by atoms with Crippen molar-refractivity contribution >= 4 is 17.3 Å². The van der Waals surface area contributed by atoms with Crippen molar-refractivity contribution in [2.45, 2.75) is 47.1 Å². The van der Waals surface area contributed by atoms with Crippen molar-refractivity contribution in [1.82, 2.24) is 9.78 Å². The number of aryl methyl sites for hydroxylation is 3. The molecule has 1 aromatic carbocycles. The molecule has 0 aliphatic heterocycles. The standard InChI is InChI=1S/C19H28N4O2/c1-7-10-25-17-11-12(2)8-9-16(17)20-14(4)19(24)21-18-13(3)22-23(6)15(18)5/h8-9,11,14,20H,7,10H2,1-6H3,(H,21,24). The maximum Gasteiger partial charge on any atom is 0.246 e. The van der Waals surface area contributed by atoms with Gasteiger partial charge in [-0.3, -0.25) is 9.48 Å². The molecule has 0 radical (unpaired) electrons. The fourth-order valence-electron chi connectivity index (χ4n) is 2.56. The molecule has 0 aliphatic rings. The second-order valence-corrected chi connectivity index (χ2v) is 6.37. The van der Waals surface area contributed by atoms with Gasteiger partial charge >= 0.3 is 0 Å². The number of rotatable bonds is 7. The smallest absolute Gasteiger partial charge is 0.246 e. The van der Waals surface area contributed by atoms with E-state index in [9.17, 15) is 4.79 Å². The number of anilines is 2. The highest BCUT2D eigenvalue weighted by Crippen LogP contribution is 2.27. The number of nitrogens with zero attached hydrogens (tertiary/aromatic N) is 2. The molecule has 1 unspecified atom stereocenters. The van der Waals surface area contributed by atoms with E-state index in [0.717, 1.165) is 40.5 Å². The minimum Gasteiger partial charge on any atom is -0.491 e. The number of carbonyl (C=O) groups is 1. The molecule has 6 heteroatoms. The highest BCUT2D eigenvalue weighted by atomic mass is 16.5. The van der Waals surface area contributed by atoms with E-state index in [0.29, 0.717) is 6.61 Å². The Labute approximate surface area is 149 Å². The lowest BCUT2D eigenvalue weighted by Gasteiger charge is -2.18. The minimum absolute atomic E-state index is 0.110. The molecule has 1 amide bonds. The summed E-state index contributed by atoms with van der Waals surface area (Å²) >= 11 is 0. The van der Waals surface area contributed by atoms with Crippen molar-refractivity contribution in [3.63, 3.8) is 0 Å². The first-order valence-corrected chi connectivity index (χ1v) is 8.64. The zero-order valence-electron chi connectivity index (χ0n) is 15.9. The number of ether oxygens (including phenoxy) is 1. The molecule has 0 aliphatic carbocycles. The molecular weight excluding hydrogens is 316 g/mol. The SMILES string of the molecule is CCCOc1cc(C)ccc1NC(C)C(=O)Nc1c(C)nn(C)c1C. The van der Waals surface area contributed by atoms with Crippen LogP contribution < -0.4 is 15.4 Å². The molecule has 2 rings (SSSR count). The van der Waals surface area contributed by atoms with Crippen LogP contribution in [0.25, 0.3) is 0 Å². The number of benzene rings is 1. The molecule has 1 aromatic heterocycles. The highest BCUT2D eigenvalue weighted by molar-refractivity contribution is 5.97. The molecule has 0 spiro atoms. The summed E-state index contributed by atoms with van der Waals surface area (Å²) in [6, 6.07) is 5.52. The Morgan fingerprint density at radius 2 is 2.04 bits per heavy atom. The van der Waals surface area contributed by atoms with Crippen LogP contribution in [0.4, 0.5) is 11.4 Å². The zero-order valence-corrected chi connectivity index (χ0v) is 15.9. The molecule has 1 atom stereocenters. The molecule has 0 bridgehead atoms. The van der Waals surface area contributed by atoms with Crippen LogP contribution in [0, 0.1) is 20.8 Å². The number of carbonyl (C=O) groups excluding carboxylic acids is 1. The van der Waals surface area contributed by atoms with E-state index in [1.165, 1.54) is 0 Å². The molecular formula is C19H28N4O2. The number of nitrogens with one attached hydrogen (secondary N) is 2. The third-order valence-electron chi connectivity index (χ3n) is 4.12. The van der Waals surface area contributed by atoms with Crippen LogP contribution in [0.15, 0.2) is 18.2 Å². The first-order chi connectivity index (χ1) is 11.8. The van der Waals surface area contributed by atoms with E-state index >= 15 is 0 Å². The molecule has 1 heterocycles. The van der Waals surface area contributed by atoms with Crippen molar-refractivity contribution in [3.05, 3.63) is 35.2 Å². The van der Waals surface area contributed by atoms with Crippen molar-refractivity contribution in [2.24, 2.45) is 7.05 Å². The maximum atomic E-state index is 12.6. The van der Waals surface area contributed by atoms with Gasteiger partial charge in [0.05, 0.1) is 29.4 Å². The summed E-state index contributed by atoms with van der Waals surface area (Å²) in [4.78, 5) is 12.6. The van der Waals surface area contributed by atoms with E-state index in [4.69, 9.17) is 4.74 Å². The minimum atomic E-state index is -0.411. The third kappa shape index (κ3) is 4.53. The molecule has 136 valence electrons. The van der Waals surface area contributed by atoms with Crippen molar-refractivity contribution in [1.29, 1.82) is 0 Å². The van der Waals surface area contributed by atoms with Gasteiger partial charge in [0.2, 0.25) is 5.91 Å². The average molecular weight is 344 g/mol. The zero-order chi connectivity index (χ0) is 18.6. The van der Waals surface area contributed by atoms with Crippen LogP contribution in [-0.2, 0) is 11.8 Å². The van der Waals surface area contributed by atoms with Gasteiger partial charge in [-0.2, -0.15) is 5.10 Å². The number of amides is 1. The van der Waals surface area contributed by atoms with Gasteiger partial charge in [0.1, 0.15) is 11.8 Å². The van der Waals surface area contributed by atoms with Crippen molar-refractivity contribution in [2.75, 3.05) is 17.2 Å². The van der Waals surface area contributed by atoms with Gasteiger partial charge in [0.25, 0.3) is 0 Å². The fraction of sp³-hybridized carbons (Fsp3) is 0.474. The van der Waals surface area contributed by atoms with Gasteiger partial charge in [-0.25, -0.2) is 0 Å². The first kappa shape index (κ1) is 18.8. The van der Waals surface area contributed by atoms with Crippen LogP contribution >= 0.6 is 0 Å². The lowest BCUT2D eigenvalue weighted by Crippen LogP contribution is -2.32. The summed E-state index contributed by atoms with van der Waals surface area (Å²) < 4.78 is 7.56. The summed E-state index contributed by atoms with van der Waals surface area (Å²) in [5.74, 6) is 0.663. The molecule has 0 saturated heterocycles. The van der Waals surface area contributed by atoms with E-state index in [2.05, 4.69) is 22.7 Å². The predicted octanol–water partition coefficient (Wildman–Crippen LogP) is 3.57. The lowest BCUT2D eigenvalue weighted by atomic mass is 10.2. The Balaban J connectivity index is 2.11. The maximum absolute atomic E-state index is 12.6. The Kier molecular flexibility index (Phi) is 6.07. The second kappa shape index (κ2) is 8.05. The first-order valence-electron chi connectivity index (χ1n) is 8.64. The van der Waals surface area contributed by atoms with E-state index < -0.39 is 6.04 Å². The largest absolute Gasteiger partial charge is 0.491 e. The van der Waals surface area contributed by atoms with Crippen LogP contribution in [0.5, 0.6) is 5.75 Å². The Bertz CT molecular complexity index is 752. The number of hydrogen-bond donors (Lipinski definition) is 2. The van der Waals surface area contributed by atoms with E-state index in [1.54, 1.807) is 4.68 Å². The van der Waals surface area contributed by atoms with Crippen LogP contribution in [0.2, 0.25) is 0 Å². The molecule has 25 heavy (non-hydrogen) atoms. The van der Waals surface area contributed by atoms with Gasteiger partial charge in [-0.05, 0) is 51.8 Å². The molecule has 6 nitrogen and oxygen atoms in total. The van der Waals surface area contributed by atoms with Gasteiger partial charge < -0.3 is 15.4 Å². The van der Waals surface area contributed by atoms with Gasteiger partial charge in [0, 0.05) is 7.05 Å². The fourth-order valence-corrected chi connectivity index (χ4v) is 2.56. The van der Waals surface area contributed by atoms with Gasteiger partial charge in [-0.1, -0.05) is 13.0 Å². The van der Waals surface area contributed by atoms with E-state index in [1.807, 2.05) is 52.9 Å². The normalized spacial score (nSPS) is 11.9. The predicted molar refractivity (Wildman–Crippen MR) is 101 cm³/mol. The molecule has 0 saturated carbocycles. The van der Waals surface area contributed by atoms with Gasteiger partial charge in [-0.15, -0.1) is 0 Å². The van der Waals surface area contributed by atoms with Crippen molar-refractivity contribution in [3.8, 4) is 5.75 Å². The summed E-state index contributed by atoms with van der Waals surface area (Å²) in [5, 5.41) is 10.5. The number of aromatic nitrogens is 2. The highest BCUT2D eigenvalue weighted by Gasteiger charge is 2.18. The lowest BCUT2D eigenvalue weighted by molar-refractivity contribution is -0.116. The van der Waals surface area contributed by atoms with Crippen LogP contribution in [0.3, 0.4) is 0 Å². The summed E-state index contributed by atoms with van der Waals surface area (Å²) in [7, 11) is 1.86. The monoisotopic (exact) mass is 344 g/mol. The Hall–Kier alpha value is -2.50. The van der Waals surface area contributed by atoms with Crippen molar-refractivity contribution < 1.29 is 9.53 Å². The Morgan fingerprint density at radius 1 is 1.32 bits per heavy atom. The third-order valence-corrected chi connectivity index (χ3v) is 4.12. The summed E-state index contributed by atoms with van der Waals surface area (Å²) in [5.41, 5.74) is 4.45.